The van der Waals surface area contributed by atoms with Gasteiger partial charge in [0.15, 0.2) is 0 Å². The zero-order valence-electron chi connectivity index (χ0n) is 6.13. The predicted molar refractivity (Wildman–Crippen MR) is 46.5 cm³/mol. The number of hydrogen-bond donors (Lipinski definition) is 0. The van der Waals surface area contributed by atoms with Gasteiger partial charge in [0, 0.05) is 0 Å². The van der Waals surface area contributed by atoms with Gasteiger partial charge in [-0.05, 0) is 23.8 Å². The molecule has 1 rings (SSSR count). The molecule has 3 heteroatoms. The lowest BCUT2D eigenvalue weighted by molar-refractivity contribution is -0.104. The van der Waals surface area contributed by atoms with E-state index >= 15 is 0 Å². The van der Waals surface area contributed by atoms with E-state index in [4.69, 9.17) is 11.6 Å². The molecule has 0 amide bonds. The number of aldehydes is 1. The van der Waals surface area contributed by atoms with Gasteiger partial charge in [-0.25, -0.2) is 4.39 Å². The SMILES string of the molecule is O=C/C=C/c1ccc(F)c(Cl)c1. The zero-order chi connectivity index (χ0) is 8.97. The second-order valence-corrected chi connectivity index (χ2v) is 2.58. The van der Waals surface area contributed by atoms with Crippen LogP contribution in [0.1, 0.15) is 5.56 Å². The van der Waals surface area contributed by atoms with E-state index in [0.29, 0.717) is 11.8 Å². The quantitative estimate of drug-likeness (QED) is 0.510. The molecule has 1 aromatic carbocycles. The summed E-state index contributed by atoms with van der Waals surface area (Å²) in [5.74, 6) is -0.458. The highest BCUT2D eigenvalue weighted by Crippen LogP contribution is 2.16. The minimum Gasteiger partial charge on any atom is -0.299 e. The highest BCUT2D eigenvalue weighted by atomic mass is 35.5. The lowest BCUT2D eigenvalue weighted by atomic mass is 10.2. The Morgan fingerprint density at radius 3 is 2.75 bits per heavy atom. The second kappa shape index (κ2) is 4.02. The van der Waals surface area contributed by atoms with E-state index in [2.05, 4.69) is 0 Å². The molecule has 0 radical (unpaired) electrons. The number of benzene rings is 1. The lowest BCUT2D eigenvalue weighted by Crippen LogP contribution is -1.77. The third kappa shape index (κ3) is 2.17. The van der Waals surface area contributed by atoms with E-state index in [0.717, 1.165) is 0 Å². The number of rotatable bonds is 2. The molecule has 0 saturated carbocycles. The molecular formula is C9H6ClFO. The fourth-order valence-electron chi connectivity index (χ4n) is 0.766. The Morgan fingerprint density at radius 2 is 2.17 bits per heavy atom. The third-order valence-corrected chi connectivity index (χ3v) is 1.60. The van der Waals surface area contributed by atoms with E-state index in [1.54, 1.807) is 12.1 Å². The molecule has 0 N–H and O–H groups in total. The van der Waals surface area contributed by atoms with E-state index < -0.39 is 5.82 Å². The second-order valence-electron chi connectivity index (χ2n) is 2.17. The summed E-state index contributed by atoms with van der Waals surface area (Å²) in [5, 5.41) is 0.0584. The maximum Gasteiger partial charge on any atom is 0.142 e. The van der Waals surface area contributed by atoms with Crippen LogP contribution in [0.3, 0.4) is 0 Å². The van der Waals surface area contributed by atoms with Gasteiger partial charge in [-0.3, -0.25) is 4.79 Å². The Bertz CT molecular complexity index is 320. The molecule has 0 saturated heterocycles. The van der Waals surface area contributed by atoms with E-state index in [1.165, 1.54) is 18.2 Å². The Kier molecular flexibility index (Phi) is 3.00. The molecule has 0 unspecified atom stereocenters. The first-order valence-electron chi connectivity index (χ1n) is 3.31. The Morgan fingerprint density at radius 1 is 1.42 bits per heavy atom. The van der Waals surface area contributed by atoms with Crippen molar-refractivity contribution in [3.05, 3.63) is 40.7 Å². The molecule has 0 spiro atoms. The van der Waals surface area contributed by atoms with Crippen molar-refractivity contribution in [3.8, 4) is 0 Å². The fourth-order valence-corrected chi connectivity index (χ4v) is 0.955. The van der Waals surface area contributed by atoms with E-state index in [-0.39, 0.29) is 5.02 Å². The summed E-state index contributed by atoms with van der Waals surface area (Å²) in [5.41, 5.74) is 0.702. The van der Waals surface area contributed by atoms with Gasteiger partial charge in [0.05, 0.1) is 5.02 Å². The first-order valence-corrected chi connectivity index (χ1v) is 3.69. The van der Waals surface area contributed by atoms with Crippen LogP contribution in [0.2, 0.25) is 5.02 Å². The van der Waals surface area contributed by atoms with Crippen LogP contribution >= 0.6 is 11.6 Å². The number of halogens is 2. The van der Waals surface area contributed by atoms with Crippen molar-refractivity contribution in [2.75, 3.05) is 0 Å². The van der Waals surface area contributed by atoms with E-state index in [1.807, 2.05) is 0 Å². The summed E-state index contributed by atoms with van der Waals surface area (Å²) in [6.45, 7) is 0. The van der Waals surface area contributed by atoms with E-state index in [9.17, 15) is 9.18 Å². The maximum absolute atomic E-state index is 12.6. The number of hydrogen-bond acceptors (Lipinski definition) is 1. The molecule has 0 atom stereocenters. The van der Waals surface area contributed by atoms with Crippen molar-refractivity contribution in [2.24, 2.45) is 0 Å². The minimum absolute atomic E-state index is 0.0584. The molecular weight excluding hydrogens is 179 g/mol. The van der Waals surface area contributed by atoms with Crippen molar-refractivity contribution in [1.82, 2.24) is 0 Å². The first kappa shape index (κ1) is 8.94. The summed E-state index contributed by atoms with van der Waals surface area (Å²) in [7, 11) is 0. The van der Waals surface area contributed by atoms with Crippen LogP contribution in [0.4, 0.5) is 4.39 Å². The highest BCUT2D eigenvalue weighted by molar-refractivity contribution is 6.30. The van der Waals surface area contributed by atoms with Gasteiger partial charge in [-0.15, -0.1) is 0 Å². The molecule has 0 bridgehead atoms. The van der Waals surface area contributed by atoms with Gasteiger partial charge in [-0.1, -0.05) is 23.7 Å². The normalized spacial score (nSPS) is 10.5. The summed E-state index contributed by atoms with van der Waals surface area (Å²) in [4.78, 5) is 9.94. The van der Waals surface area contributed by atoms with Gasteiger partial charge in [0.2, 0.25) is 0 Å². The molecule has 0 aliphatic heterocycles. The zero-order valence-corrected chi connectivity index (χ0v) is 6.88. The average molecular weight is 185 g/mol. The standard InChI is InChI=1S/C9H6ClFO/c10-8-6-7(2-1-5-12)3-4-9(8)11/h1-6H/b2-1+. The van der Waals surface area contributed by atoms with Crippen molar-refractivity contribution in [1.29, 1.82) is 0 Å². The number of allylic oxidation sites excluding steroid dienone is 1. The average Bonchev–Trinajstić information content (AvgIpc) is 2.07. The predicted octanol–water partition coefficient (Wildman–Crippen LogP) is 2.69. The third-order valence-electron chi connectivity index (χ3n) is 1.31. The van der Waals surface area contributed by atoms with Gasteiger partial charge >= 0.3 is 0 Å². The molecule has 0 aliphatic carbocycles. The summed E-state index contributed by atoms with van der Waals surface area (Å²) in [6.07, 6.45) is 3.53. The summed E-state index contributed by atoms with van der Waals surface area (Å²) < 4.78 is 12.6. The smallest absolute Gasteiger partial charge is 0.142 e. The van der Waals surface area contributed by atoms with Crippen LogP contribution in [0.5, 0.6) is 0 Å². The van der Waals surface area contributed by atoms with Gasteiger partial charge in [-0.2, -0.15) is 0 Å². The van der Waals surface area contributed by atoms with Crippen LogP contribution in [0, 0.1) is 5.82 Å². The van der Waals surface area contributed by atoms with Crippen molar-refractivity contribution >= 4 is 24.0 Å². The van der Waals surface area contributed by atoms with Crippen LogP contribution < -0.4 is 0 Å². The highest BCUT2D eigenvalue weighted by Gasteiger charge is 1.97. The minimum atomic E-state index is -0.458. The molecule has 62 valence electrons. The maximum atomic E-state index is 12.6. The molecule has 0 fully saturated rings. The monoisotopic (exact) mass is 184 g/mol. The van der Waals surface area contributed by atoms with Crippen LogP contribution in [-0.2, 0) is 4.79 Å². The molecule has 0 aliphatic rings. The topological polar surface area (TPSA) is 17.1 Å². The van der Waals surface area contributed by atoms with Gasteiger partial charge < -0.3 is 0 Å². The van der Waals surface area contributed by atoms with Crippen molar-refractivity contribution in [2.45, 2.75) is 0 Å². The van der Waals surface area contributed by atoms with Crippen LogP contribution in [0.25, 0.3) is 6.08 Å². The molecule has 0 heterocycles. The molecule has 12 heavy (non-hydrogen) atoms. The largest absolute Gasteiger partial charge is 0.299 e. The number of carbonyl (C=O) groups is 1. The molecule has 1 nitrogen and oxygen atoms in total. The lowest BCUT2D eigenvalue weighted by Gasteiger charge is -1.94. The Labute approximate surface area is 74.5 Å². The molecule has 0 aromatic heterocycles. The van der Waals surface area contributed by atoms with Crippen LogP contribution in [0.15, 0.2) is 24.3 Å². The number of carbonyl (C=O) groups excluding carboxylic acids is 1. The van der Waals surface area contributed by atoms with Crippen molar-refractivity contribution < 1.29 is 9.18 Å². The Balaban J connectivity index is 2.96. The van der Waals surface area contributed by atoms with Crippen LogP contribution in [-0.4, -0.2) is 6.29 Å². The van der Waals surface area contributed by atoms with Gasteiger partial charge in [0.25, 0.3) is 0 Å². The first-order chi connectivity index (χ1) is 5.74. The fraction of sp³-hybridized carbons (Fsp3) is 0. The Hall–Kier alpha value is -1.15. The van der Waals surface area contributed by atoms with Gasteiger partial charge in [0.1, 0.15) is 12.1 Å². The summed E-state index contributed by atoms with van der Waals surface area (Å²) in [6, 6.07) is 4.25. The van der Waals surface area contributed by atoms with Crippen molar-refractivity contribution in [3.63, 3.8) is 0 Å². The summed E-state index contributed by atoms with van der Waals surface area (Å²) >= 11 is 5.50. The molecule has 1 aromatic rings.